The van der Waals surface area contributed by atoms with E-state index in [0.717, 1.165) is 46.3 Å². The number of H-pyrrole nitrogens is 1. The van der Waals surface area contributed by atoms with Gasteiger partial charge in [0.25, 0.3) is 0 Å². The largest absolute Gasteiger partial charge is 0.474 e. The maximum absolute atomic E-state index is 6.42. The molecule has 0 aliphatic heterocycles. The molecule has 9 heteroatoms. The third-order valence-electron chi connectivity index (χ3n) is 5.95. The number of nitrogens with zero attached hydrogens (tertiary/aromatic N) is 5. The zero-order valence-electron chi connectivity index (χ0n) is 17.9. The van der Waals surface area contributed by atoms with Crippen LogP contribution in [0, 0.1) is 6.92 Å². The van der Waals surface area contributed by atoms with Gasteiger partial charge in [-0.1, -0.05) is 6.07 Å². The number of aromatic nitrogens is 6. The molecule has 1 aliphatic carbocycles. The fourth-order valence-electron chi connectivity index (χ4n) is 4.35. The van der Waals surface area contributed by atoms with Crippen molar-refractivity contribution in [1.29, 1.82) is 0 Å². The van der Waals surface area contributed by atoms with E-state index in [9.17, 15) is 0 Å². The zero-order valence-corrected chi connectivity index (χ0v) is 17.9. The van der Waals surface area contributed by atoms with Crippen LogP contribution >= 0.6 is 0 Å². The Morgan fingerprint density at radius 3 is 2.84 bits per heavy atom. The van der Waals surface area contributed by atoms with Crippen LogP contribution in [0.25, 0.3) is 33.3 Å². The minimum atomic E-state index is 0.166. The lowest BCUT2D eigenvalue weighted by molar-refractivity contribution is 0.204. The quantitative estimate of drug-likeness (QED) is 0.410. The number of fused-ring (bicyclic) bond motifs is 2. The van der Waals surface area contributed by atoms with E-state index in [0.29, 0.717) is 23.4 Å². The predicted octanol–water partition coefficient (Wildman–Crippen LogP) is 4.87. The van der Waals surface area contributed by atoms with Crippen molar-refractivity contribution in [3.05, 3.63) is 42.5 Å². The Morgan fingerprint density at radius 2 is 2.03 bits per heavy atom. The molecule has 1 saturated carbocycles. The van der Waals surface area contributed by atoms with Gasteiger partial charge in [-0.15, -0.1) is 0 Å². The van der Waals surface area contributed by atoms with Gasteiger partial charge < -0.3 is 19.5 Å². The SMILES string of the molecule is Cc1nc2ccc(-c3c[nH]c4nc(Nc5ccnn5C)nc(OC5CCCC5)c34)cc2o1. The molecule has 0 spiro atoms. The molecule has 4 heterocycles. The first-order valence-corrected chi connectivity index (χ1v) is 10.8. The van der Waals surface area contributed by atoms with Crippen LogP contribution in [0.1, 0.15) is 31.6 Å². The van der Waals surface area contributed by atoms with Crippen molar-refractivity contribution in [2.24, 2.45) is 7.05 Å². The summed E-state index contributed by atoms with van der Waals surface area (Å²) in [6, 6.07) is 7.88. The average Bonchev–Trinajstić information content (AvgIpc) is 3.55. The van der Waals surface area contributed by atoms with Crippen LogP contribution in [0.3, 0.4) is 0 Å². The molecule has 1 fully saturated rings. The van der Waals surface area contributed by atoms with Gasteiger partial charge in [-0.3, -0.25) is 4.68 Å². The van der Waals surface area contributed by atoms with Crippen molar-refractivity contribution >= 4 is 33.9 Å². The molecule has 0 saturated heterocycles. The Kier molecular flexibility index (Phi) is 4.34. The molecular weight excluding hydrogens is 406 g/mol. The highest BCUT2D eigenvalue weighted by molar-refractivity contribution is 5.99. The lowest BCUT2D eigenvalue weighted by Crippen LogP contribution is -2.13. The number of anilines is 2. The zero-order chi connectivity index (χ0) is 21.7. The number of oxazole rings is 1. The van der Waals surface area contributed by atoms with E-state index in [1.807, 2.05) is 44.4 Å². The van der Waals surface area contributed by atoms with Gasteiger partial charge in [0.2, 0.25) is 11.8 Å². The van der Waals surface area contributed by atoms with Gasteiger partial charge in [0, 0.05) is 31.8 Å². The number of hydrogen-bond donors (Lipinski definition) is 2. The van der Waals surface area contributed by atoms with Crippen molar-refractivity contribution in [1.82, 2.24) is 29.7 Å². The summed E-state index contributed by atoms with van der Waals surface area (Å²) in [4.78, 5) is 17.2. The van der Waals surface area contributed by atoms with Crippen molar-refractivity contribution in [3.8, 4) is 17.0 Å². The maximum Gasteiger partial charge on any atom is 0.233 e. The first-order valence-electron chi connectivity index (χ1n) is 10.8. The Morgan fingerprint density at radius 1 is 1.16 bits per heavy atom. The van der Waals surface area contributed by atoms with Gasteiger partial charge in [-0.25, -0.2) is 4.98 Å². The molecule has 5 aromatic rings. The van der Waals surface area contributed by atoms with Crippen LogP contribution in [-0.4, -0.2) is 35.8 Å². The smallest absolute Gasteiger partial charge is 0.233 e. The van der Waals surface area contributed by atoms with E-state index in [1.165, 1.54) is 12.8 Å². The summed E-state index contributed by atoms with van der Waals surface area (Å²) in [6.45, 7) is 1.85. The minimum absolute atomic E-state index is 0.166. The molecule has 162 valence electrons. The van der Waals surface area contributed by atoms with Crippen molar-refractivity contribution in [2.75, 3.05) is 5.32 Å². The number of ether oxygens (including phenoxy) is 1. The van der Waals surface area contributed by atoms with Gasteiger partial charge in [-0.2, -0.15) is 15.1 Å². The lowest BCUT2D eigenvalue weighted by Gasteiger charge is -2.15. The highest BCUT2D eigenvalue weighted by atomic mass is 16.5. The van der Waals surface area contributed by atoms with Gasteiger partial charge >= 0.3 is 0 Å². The van der Waals surface area contributed by atoms with E-state index in [1.54, 1.807) is 10.9 Å². The summed E-state index contributed by atoms with van der Waals surface area (Å²) in [7, 11) is 1.87. The molecule has 1 aliphatic rings. The van der Waals surface area contributed by atoms with E-state index in [-0.39, 0.29) is 6.10 Å². The molecule has 9 nitrogen and oxygen atoms in total. The van der Waals surface area contributed by atoms with Crippen LogP contribution < -0.4 is 10.1 Å². The van der Waals surface area contributed by atoms with Crippen LogP contribution in [0.4, 0.5) is 11.8 Å². The van der Waals surface area contributed by atoms with E-state index < -0.39 is 0 Å². The van der Waals surface area contributed by atoms with Crippen molar-refractivity contribution in [3.63, 3.8) is 0 Å². The first kappa shape index (κ1) is 18.9. The Balaban J connectivity index is 1.47. The normalized spacial score (nSPS) is 14.6. The van der Waals surface area contributed by atoms with Crippen LogP contribution in [0.5, 0.6) is 5.88 Å². The van der Waals surface area contributed by atoms with Crippen molar-refractivity contribution < 1.29 is 9.15 Å². The molecule has 32 heavy (non-hydrogen) atoms. The summed E-state index contributed by atoms with van der Waals surface area (Å²) < 4.78 is 13.9. The molecular formula is C23H23N7O2. The molecule has 0 atom stereocenters. The Hall–Kier alpha value is -3.88. The Bertz CT molecular complexity index is 1430. The van der Waals surface area contributed by atoms with Gasteiger partial charge in [0.05, 0.1) is 11.6 Å². The molecule has 6 rings (SSSR count). The fraction of sp³-hybridized carbons (Fsp3) is 0.304. The van der Waals surface area contributed by atoms with E-state index in [4.69, 9.17) is 19.1 Å². The fourth-order valence-corrected chi connectivity index (χ4v) is 4.35. The van der Waals surface area contributed by atoms with E-state index in [2.05, 4.69) is 20.4 Å². The summed E-state index contributed by atoms with van der Waals surface area (Å²) in [5.74, 6) is 2.49. The highest BCUT2D eigenvalue weighted by Crippen LogP contribution is 2.37. The molecule has 0 amide bonds. The molecule has 0 bridgehead atoms. The number of aromatic amines is 1. The van der Waals surface area contributed by atoms with Crippen LogP contribution in [-0.2, 0) is 7.05 Å². The number of rotatable bonds is 5. The molecule has 2 N–H and O–H groups in total. The average molecular weight is 429 g/mol. The lowest BCUT2D eigenvalue weighted by atomic mass is 10.1. The second-order valence-electron chi connectivity index (χ2n) is 8.18. The predicted molar refractivity (Wildman–Crippen MR) is 121 cm³/mol. The molecule has 1 aromatic carbocycles. The van der Waals surface area contributed by atoms with Crippen LogP contribution in [0.15, 0.2) is 41.1 Å². The topological polar surface area (TPSA) is 107 Å². The Labute approximate surface area is 183 Å². The first-order chi connectivity index (χ1) is 15.6. The standard InChI is InChI=1S/C23H23N7O2/c1-13-26-17-8-7-14(11-18(17)31-13)16-12-24-21-20(16)22(32-15-5-3-4-6-15)29-23(28-21)27-19-9-10-25-30(19)2/h7-12,15H,3-6H2,1-2H3,(H2,24,27,28,29). The summed E-state index contributed by atoms with van der Waals surface area (Å²) in [5.41, 5.74) is 4.26. The molecule has 0 radical (unpaired) electrons. The minimum Gasteiger partial charge on any atom is -0.474 e. The third kappa shape index (κ3) is 3.26. The van der Waals surface area contributed by atoms with Crippen LogP contribution in [0.2, 0.25) is 0 Å². The monoisotopic (exact) mass is 429 g/mol. The van der Waals surface area contributed by atoms with Gasteiger partial charge in [-0.05, 0) is 43.4 Å². The summed E-state index contributed by atoms with van der Waals surface area (Å²) in [6.07, 6.45) is 8.28. The highest BCUT2D eigenvalue weighted by Gasteiger charge is 2.23. The number of hydrogen-bond acceptors (Lipinski definition) is 7. The number of aryl methyl sites for hydroxylation is 2. The number of benzene rings is 1. The van der Waals surface area contributed by atoms with Crippen molar-refractivity contribution in [2.45, 2.75) is 38.7 Å². The second-order valence-corrected chi connectivity index (χ2v) is 8.18. The second kappa shape index (κ2) is 7.37. The third-order valence-corrected chi connectivity index (χ3v) is 5.95. The molecule has 4 aromatic heterocycles. The van der Waals surface area contributed by atoms with Gasteiger partial charge in [0.1, 0.15) is 23.1 Å². The number of nitrogens with one attached hydrogen (secondary N) is 2. The molecule has 0 unspecified atom stereocenters. The summed E-state index contributed by atoms with van der Waals surface area (Å²) in [5, 5.41) is 8.30. The maximum atomic E-state index is 6.42. The van der Waals surface area contributed by atoms with E-state index >= 15 is 0 Å². The van der Waals surface area contributed by atoms with Gasteiger partial charge in [0.15, 0.2) is 11.5 Å². The summed E-state index contributed by atoms with van der Waals surface area (Å²) >= 11 is 0.